The molecule has 0 aromatic carbocycles. The summed E-state index contributed by atoms with van der Waals surface area (Å²) in [4.78, 5) is 13.9. The van der Waals surface area contributed by atoms with Gasteiger partial charge in [-0.15, -0.1) is 0 Å². The van der Waals surface area contributed by atoms with Crippen LogP contribution in [0.25, 0.3) is 0 Å². The minimum absolute atomic E-state index is 0.0220. The molecule has 0 spiro atoms. The Morgan fingerprint density at radius 1 is 1.43 bits per heavy atom. The van der Waals surface area contributed by atoms with E-state index in [0.29, 0.717) is 11.8 Å². The second-order valence-corrected chi connectivity index (χ2v) is 4.59. The molecule has 76 valence electrons. The Bertz CT molecular complexity index is 361. The van der Waals surface area contributed by atoms with Crippen LogP contribution < -0.4 is 5.56 Å². The van der Waals surface area contributed by atoms with E-state index in [1.807, 2.05) is 6.07 Å². The van der Waals surface area contributed by atoms with Crippen molar-refractivity contribution in [3.8, 4) is 0 Å². The number of pyridine rings is 1. The van der Waals surface area contributed by atoms with Gasteiger partial charge < -0.3 is 4.98 Å². The van der Waals surface area contributed by atoms with Crippen LogP contribution in [-0.2, 0) is 0 Å². The van der Waals surface area contributed by atoms with Crippen LogP contribution in [0, 0.1) is 11.8 Å². The first kappa shape index (κ1) is 9.50. The Morgan fingerprint density at radius 3 is 2.64 bits per heavy atom. The van der Waals surface area contributed by atoms with Crippen molar-refractivity contribution in [1.29, 1.82) is 0 Å². The Morgan fingerprint density at radius 2 is 2.14 bits per heavy atom. The third kappa shape index (κ3) is 1.89. The van der Waals surface area contributed by atoms with Gasteiger partial charge >= 0.3 is 0 Å². The molecule has 1 fully saturated rings. The predicted molar refractivity (Wildman–Crippen MR) is 57.4 cm³/mol. The molecule has 14 heavy (non-hydrogen) atoms. The van der Waals surface area contributed by atoms with Crippen LogP contribution in [0.15, 0.2) is 23.1 Å². The molecule has 1 aliphatic carbocycles. The molecule has 1 unspecified atom stereocenters. The van der Waals surface area contributed by atoms with Crippen molar-refractivity contribution in [3.63, 3.8) is 0 Å². The highest BCUT2D eigenvalue weighted by Gasteiger charge is 2.34. The van der Waals surface area contributed by atoms with Crippen molar-refractivity contribution < 1.29 is 0 Å². The third-order valence-corrected chi connectivity index (χ3v) is 3.03. The number of aromatic amines is 1. The molecule has 0 amide bonds. The van der Waals surface area contributed by atoms with E-state index in [1.165, 1.54) is 18.4 Å². The molecule has 0 radical (unpaired) electrons. The average Bonchev–Trinajstić information content (AvgIpc) is 2.88. The zero-order valence-corrected chi connectivity index (χ0v) is 8.79. The predicted octanol–water partition coefficient (Wildman–Crippen LogP) is 2.52. The molecular formula is C12H17NO. The fourth-order valence-corrected chi connectivity index (χ4v) is 2.33. The van der Waals surface area contributed by atoms with Crippen LogP contribution in [0.1, 0.15) is 38.2 Å². The van der Waals surface area contributed by atoms with Crippen molar-refractivity contribution in [2.45, 2.75) is 32.6 Å². The van der Waals surface area contributed by atoms with Crippen LogP contribution >= 0.6 is 0 Å². The summed E-state index contributed by atoms with van der Waals surface area (Å²) in [6.45, 7) is 4.48. The number of hydrogen-bond donors (Lipinski definition) is 1. The maximum Gasteiger partial charge on any atom is 0.248 e. The molecule has 1 aromatic heterocycles. The third-order valence-electron chi connectivity index (χ3n) is 3.03. The largest absolute Gasteiger partial charge is 0.329 e. The first-order chi connectivity index (χ1) is 6.68. The molecule has 1 N–H and O–H groups in total. The van der Waals surface area contributed by atoms with E-state index in [-0.39, 0.29) is 5.56 Å². The maximum absolute atomic E-state index is 11.2. The topological polar surface area (TPSA) is 32.9 Å². The first-order valence-corrected chi connectivity index (χ1v) is 5.37. The number of aromatic nitrogens is 1. The van der Waals surface area contributed by atoms with E-state index < -0.39 is 0 Å². The van der Waals surface area contributed by atoms with E-state index in [2.05, 4.69) is 18.8 Å². The van der Waals surface area contributed by atoms with Gasteiger partial charge in [-0.25, -0.2) is 0 Å². The molecule has 1 aliphatic rings. The number of hydrogen-bond acceptors (Lipinski definition) is 1. The summed E-state index contributed by atoms with van der Waals surface area (Å²) in [5.41, 5.74) is 1.24. The van der Waals surface area contributed by atoms with Crippen molar-refractivity contribution in [3.05, 3.63) is 34.2 Å². The van der Waals surface area contributed by atoms with Gasteiger partial charge in [-0.1, -0.05) is 13.8 Å². The number of H-pyrrole nitrogens is 1. The van der Waals surface area contributed by atoms with E-state index in [9.17, 15) is 4.79 Å². The molecular weight excluding hydrogens is 174 g/mol. The zero-order valence-electron chi connectivity index (χ0n) is 8.79. The average molecular weight is 191 g/mol. The van der Waals surface area contributed by atoms with E-state index in [0.717, 1.165) is 5.92 Å². The molecule has 1 atom stereocenters. The molecule has 1 heterocycles. The normalized spacial score (nSPS) is 18.5. The molecule has 2 rings (SSSR count). The lowest BCUT2D eigenvalue weighted by Crippen LogP contribution is -2.13. The first-order valence-electron chi connectivity index (χ1n) is 5.37. The zero-order chi connectivity index (χ0) is 10.1. The SMILES string of the molecule is CC(C)C(c1cc[nH]c(=O)c1)C1CC1. The van der Waals surface area contributed by atoms with Gasteiger partial charge in [-0.2, -0.15) is 0 Å². The van der Waals surface area contributed by atoms with E-state index in [1.54, 1.807) is 12.3 Å². The second-order valence-electron chi connectivity index (χ2n) is 4.59. The summed E-state index contributed by atoms with van der Waals surface area (Å²) >= 11 is 0. The molecule has 2 heteroatoms. The maximum atomic E-state index is 11.2. The fourth-order valence-electron chi connectivity index (χ4n) is 2.33. The van der Waals surface area contributed by atoms with Gasteiger partial charge in [0.15, 0.2) is 0 Å². The summed E-state index contributed by atoms with van der Waals surface area (Å²) < 4.78 is 0. The molecule has 0 saturated heterocycles. The lowest BCUT2D eigenvalue weighted by atomic mass is 9.85. The smallest absolute Gasteiger partial charge is 0.248 e. The van der Waals surface area contributed by atoms with E-state index >= 15 is 0 Å². The Labute approximate surface area is 84.4 Å². The highest BCUT2D eigenvalue weighted by molar-refractivity contribution is 5.19. The second kappa shape index (κ2) is 3.60. The Kier molecular flexibility index (Phi) is 2.44. The highest BCUT2D eigenvalue weighted by atomic mass is 16.1. The lowest BCUT2D eigenvalue weighted by Gasteiger charge is -2.20. The van der Waals surface area contributed by atoms with Crippen molar-refractivity contribution >= 4 is 0 Å². The van der Waals surface area contributed by atoms with Crippen LogP contribution in [0.5, 0.6) is 0 Å². The van der Waals surface area contributed by atoms with Crippen LogP contribution in [0.4, 0.5) is 0 Å². The summed E-state index contributed by atoms with van der Waals surface area (Å²) in [7, 11) is 0. The summed E-state index contributed by atoms with van der Waals surface area (Å²) in [6, 6.07) is 3.80. The molecule has 1 saturated carbocycles. The van der Waals surface area contributed by atoms with E-state index in [4.69, 9.17) is 0 Å². The van der Waals surface area contributed by atoms with Gasteiger partial charge in [0.25, 0.3) is 0 Å². The van der Waals surface area contributed by atoms with Gasteiger partial charge in [0.1, 0.15) is 0 Å². The summed E-state index contributed by atoms with van der Waals surface area (Å²) in [6.07, 6.45) is 4.42. The van der Waals surface area contributed by atoms with Crippen molar-refractivity contribution in [2.24, 2.45) is 11.8 Å². The monoisotopic (exact) mass is 191 g/mol. The summed E-state index contributed by atoms with van der Waals surface area (Å²) in [5, 5.41) is 0. The standard InChI is InChI=1S/C12H17NO/c1-8(2)12(9-3-4-9)10-5-6-13-11(14)7-10/h5-9,12H,3-4H2,1-2H3,(H,13,14). The highest BCUT2D eigenvalue weighted by Crippen LogP contribution is 2.46. The lowest BCUT2D eigenvalue weighted by molar-refractivity contribution is 0.449. The molecule has 0 aliphatic heterocycles. The minimum atomic E-state index is 0.0220. The van der Waals surface area contributed by atoms with Crippen molar-refractivity contribution in [2.75, 3.05) is 0 Å². The minimum Gasteiger partial charge on any atom is -0.329 e. The van der Waals surface area contributed by atoms with Gasteiger partial charge in [0, 0.05) is 12.3 Å². The molecule has 1 aromatic rings. The van der Waals surface area contributed by atoms with Crippen LogP contribution in [0.2, 0.25) is 0 Å². The van der Waals surface area contributed by atoms with Crippen LogP contribution in [-0.4, -0.2) is 4.98 Å². The number of nitrogens with one attached hydrogen (secondary N) is 1. The van der Waals surface area contributed by atoms with Gasteiger partial charge in [-0.3, -0.25) is 4.79 Å². The summed E-state index contributed by atoms with van der Waals surface area (Å²) in [5.74, 6) is 2.03. The van der Waals surface area contributed by atoms with Crippen LogP contribution in [0.3, 0.4) is 0 Å². The molecule has 0 bridgehead atoms. The van der Waals surface area contributed by atoms with Crippen molar-refractivity contribution in [1.82, 2.24) is 4.98 Å². The Hall–Kier alpha value is -1.05. The van der Waals surface area contributed by atoms with Gasteiger partial charge in [-0.05, 0) is 42.2 Å². The van der Waals surface area contributed by atoms with Gasteiger partial charge in [0.2, 0.25) is 5.56 Å². The number of rotatable bonds is 3. The quantitative estimate of drug-likeness (QED) is 0.782. The van der Waals surface area contributed by atoms with Gasteiger partial charge in [0.05, 0.1) is 0 Å². The molecule has 2 nitrogen and oxygen atoms in total. The fraction of sp³-hybridized carbons (Fsp3) is 0.583. The Balaban J connectivity index is 2.30.